The lowest BCUT2D eigenvalue weighted by Gasteiger charge is -2.26. The van der Waals surface area contributed by atoms with Gasteiger partial charge >= 0.3 is 0 Å². The van der Waals surface area contributed by atoms with Crippen molar-refractivity contribution in [2.45, 2.75) is 81.4 Å². The molecule has 1 aromatic carbocycles. The minimum absolute atomic E-state index is 0.0524. The summed E-state index contributed by atoms with van der Waals surface area (Å²) in [5, 5.41) is 4.92. The van der Waals surface area contributed by atoms with Crippen molar-refractivity contribution in [2.24, 2.45) is 0 Å². The topological polar surface area (TPSA) is 64.0 Å². The number of thioether (sulfide) groups is 1. The third-order valence-electron chi connectivity index (χ3n) is 6.64. The number of fused-ring (bicyclic) bond motifs is 3. The number of aromatic nitrogens is 2. The third-order valence-corrected chi connectivity index (χ3v) is 8.74. The van der Waals surface area contributed by atoms with E-state index in [2.05, 4.69) is 11.4 Å². The molecule has 2 aromatic heterocycles. The first-order chi connectivity index (χ1) is 15.2. The van der Waals surface area contributed by atoms with Crippen molar-refractivity contribution in [3.8, 4) is 0 Å². The predicted molar refractivity (Wildman–Crippen MR) is 129 cm³/mol. The molecule has 0 atom stereocenters. The zero-order valence-corrected chi connectivity index (χ0v) is 19.4. The van der Waals surface area contributed by atoms with Gasteiger partial charge in [0.05, 0.1) is 11.3 Å². The quantitative estimate of drug-likeness (QED) is 0.398. The molecule has 2 heterocycles. The third kappa shape index (κ3) is 4.40. The Morgan fingerprint density at radius 2 is 1.77 bits per heavy atom. The van der Waals surface area contributed by atoms with Gasteiger partial charge < -0.3 is 5.32 Å². The van der Waals surface area contributed by atoms with Gasteiger partial charge in [0.25, 0.3) is 5.56 Å². The number of rotatable bonds is 5. The molecular weight excluding hydrogens is 426 g/mol. The summed E-state index contributed by atoms with van der Waals surface area (Å²) in [6.07, 6.45) is 11.4. The second kappa shape index (κ2) is 9.33. The van der Waals surface area contributed by atoms with Crippen LogP contribution in [-0.4, -0.2) is 27.3 Å². The van der Waals surface area contributed by atoms with Gasteiger partial charge in [0.2, 0.25) is 5.91 Å². The molecule has 164 valence electrons. The Labute approximate surface area is 190 Å². The number of amides is 1. The van der Waals surface area contributed by atoms with Crippen molar-refractivity contribution in [1.29, 1.82) is 0 Å². The lowest BCUT2D eigenvalue weighted by Crippen LogP contribution is -2.37. The molecule has 3 aromatic rings. The maximum atomic E-state index is 13.6. The van der Waals surface area contributed by atoms with Crippen molar-refractivity contribution in [2.75, 3.05) is 5.75 Å². The highest BCUT2D eigenvalue weighted by molar-refractivity contribution is 7.99. The van der Waals surface area contributed by atoms with Crippen molar-refractivity contribution in [3.63, 3.8) is 0 Å². The van der Waals surface area contributed by atoms with E-state index in [1.54, 1.807) is 0 Å². The Morgan fingerprint density at radius 1 is 1.06 bits per heavy atom. The highest BCUT2D eigenvalue weighted by atomic mass is 32.2. The molecule has 7 heteroatoms. The van der Waals surface area contributed by atoms with Crippen LogP contribution in [0.3, 0.4) is 0 Å². The summed E-state index contributed by atoms with van der Waals surface area (Å²) in [6, 6.07) is 8.58. The molecule has 5 rings (SSSR count). The van der Waals surface area contributed by atoms with Crippen LogP contribution in [0.2, 0.25) is 0 Å². The van der Waals surface area contributed by atoms with Gasteiger partial charge in [-0.3, -0.25) is 14.2 Å². The number of hydrogen-bond donors (Lipinski definition) is 1. The molecule has 0 unspecified atom stereocenters. The van der Waals surface area contributed by atoms with E-state index in [1.165, 1.54) is 48.8 Å². The molecule has 1 N–H and O–H groups in total. The number of benzene rings is 1. The largest absolute Gasteiger partial charge is 0.353 e. The average Bonchev–Trinajstić information content (AvgIpc) is 3.18. The van der Waals surface area contributed by atoms with Gasteiger partial charge in [-0.25, -0.2) is 4.98 Å². The molecular formula is C24H29N3O2S2. The van der Waals surface area contributed by atoms with Crippen molar-refractivity contribution in [1.82, 2.24) is 14.9 Å². The maximum absolute atomic E-state index is 13.6. The fourth-order valence-corrected chi connectivity index (χ4v) is 6.99. The second-order valence-electron chi connectivity index (χ2n) is 8.83. The summed E-state index contributed by atoms with van der Waals surface area (Å²) in [7, 11) is 0. The smallest absolute Gasteiger partial charge is 0.272 e. The van der Waals surface area contributed by atoms with Crippen LogP contribution < -0.4 is 10.9 Å². The van der Waals surface area contributed by atoms with Gasteiger partial charge in [0.15, 0.2) is 5.16 Å². The average molecular weight is 456 g/mol. The zero-order valence-electron chi connectivity index (χ0n) is 17.8. The molecule has 1 amide bonds. The Bertz CT molecular complexity index is 1140. The van der Waals surface area contributed by atoms with Gasteiger partial charge in [-0.15, -0.1) is 11.3 Å². The first-order valence-electron chi connectivity index (χ1n) is 11.6. The molecule has 31 heavy (non-hydrogen) atoms. The second-order valence-corrected chi connectivity index (χ2v) is 10.8. The number of thiophene rings is 1. The van der Waals surface area contributed by atoms with E-state index in [0.29, 0.717) is 17.0 Å². The van der Waals surface area contributed by atoms with E-state index in [-0.39, 0.29) is 17.5 Å². The molecule has 2 aliphatic rings. The molecule has 0 bridgehead atoms. The van der Waals surface area contributed by atoms with Gasteiger partial charge in [-0.1, -0.05) is 68.5 Å². The maximum Gasteiger partial charge on any atom is 0.272 e. The van der Waals surface area contributed by atoms with E-state index in [0.717, 1.165) is 58.8 Å². The highest BCUT2D eigenvalue weighted by Gasteiger charge is 2.24. The minimum Gasteiger partial charge on any atom is -0.353 e. The molecule has 0 aliphatic heterocycles. The number of nitrogens with one attached hydrogen (secondary N) is 1. The van der Waals surface area contributed by atoms with Gasteiger partial charge in [0.1, 0.15) is 4.70 Å². The van der Waals surface area contributed by atoms with Crippen LogP contribution in [0.5, 0.6) is 0 Å². The van der Waals surface area contributed by atoms with Crippen molar-refractivity contribution in [3.05, 3.63) is 34.6 Å². The summed E-state index contributed by atoms with van der Waals surface area (Å²) in [4.78, 5) is 31.2. The van der Waals surface area contributed by atoms with E-state index < -0.39 is 0 Å². The van der Waals surface area contributed by atoms with Crippen LogP contribution in [0, 0.1) is 0 Å². The van der Waals surface area contributed by atoms with Gasteiger partial charge in [-0.2, -0.15) is 0 Å². The molecule has 5 nitrogen and oxygen atoms in total. The number of nitrogens with zero attached hydrogens (tertiary/aromatic N) is 2. The van der Waals surface area contributed by atoms with Gasteiger partial charge in [-0.05, 0) is 31.7 Å². The van der Waals surface area contributed by atoms with E-state index >= 15 is 0 Å². The summed E-state index contributed by atoms with van der Waals surface area (Å²) < 4.78 is 3.74. The molecule has 2 fully saturated rings. The standard InChI is InChI=1S/C24H29N3O2S2/c28-20(25-16-9-3-1-4-10-16)15-30-24-26-21-18-13-7-8-14-19(18)31-22(21)23(29)27(24)17-11-5-2-6-12-17/h7-8,13-14,16-17H,1-6,9-12,15H2,(H,25,28). The summed E-state index contributed by atoms with van der Waals surface area (Å²) in [5.41, 5.74) is 0.848. The molecule has 0 radical (unpaired) electrons. The van der Waals surface area contributed by atoms with Crippen LogP contribution in [0.15, 0.2) is 34.2 Å². The first kappa shape index (κ1) is 21.0. The summed E-state index contributed by atoms with van der Waals surface area (Å²) in [5.74, 6) is 0.361. The lowest BCUT2D eigenvalue weighted by atomic mass is 9.95. The monoisotopic (exact) mass is 455 g/mol. The highest BCUT2D eigenvalue weighted by Crippen LogP contribution is 2.35. The van der Waals surface area contributed by atoms with Gasteiger partial charge in [0, 0.05) is 22.2 Å². The molecule has 0 saturated heterocycles. The van der Waals surface area contributed by atoms with Crippen LogP contribution in [-0.2, 0) is 4.79 Å². The molecule has 0 spiro atoms. The van der Waals surface area contributed by atoms with E-state index in [4.69, 9.17) is 4.98 Å². The Hall–Kier alpha value is -1.86. The lowest BCUT2D eigenvalue weighted by molar-refractivity contribution is -0.119. The van der Waals surface area contributed by atoms with E-state index in [1.807, 2.05) is 22.8 Å². The normalized spacial score (nSPS) is 18.6. The Balaban J connectivity index is 1.47. The Morgan fingerprint density at radius 3 is 2.55 bits per heavy atom. The summed E-state index contributed by atoms with van der Waals surface area (Å²) in [6.45, 7) is 0. The first-order valence-corrected chi connectivity index (χ1v) is 13.4. The van der Waals surface area contributed by atoms with Crippen molar-refractivity contribution >= 4 is 49.3 Å². The Kier molecular flexibility index (Phi) is 6.32. The molecule has 2 saturated carbocycles. The number of carbonyl (C=O) groups excluding carboxylic acids is 1. The van der Waals surface area contributed by atoms with E-state index in [9.17, 15) is 9.59 Å². The summed E-state index contributed by atoms with van der Waals surface area (Å²) >= 11 is 2.96. The van der Waals surface area contributed by atoms with Crippen LogP contribution in [0.4, 0.5) is 0 Å². The fourth-order valence-electron chi connectivity index (χ4n) is 5.04. The van der Waals surface area contributed by atoms with Crippen molar-refractivity contribution < 1.29 is 4.79 Å². The zero-order chi connectivity index (χ0) is 21.2. The molecule has 2 aliphatic carbocycles. The fraction of sp³-hybridized carbons (Fsp3) is 0.542. The SMILES string of the molecule is O=C(CSc1nc2c(sc3ccccc32)c(=O)n1C1CCCCC1)NC1CCCCC1. The minimum atomic E-state index is 0.0524. The van der Waals surface area contributed by atoms with Crippen LogP contribution in [0.25, 0.3) is 20.3 Å². The van der Waals surface area contributed by atoms with Crippen LogP contribution >= 0.6 is 23.1 Å². The number of carbonyl (C=O) groups is 1. The number of hydrogen-bond acceptors (Lipinski definition) is 5. The predicted octanol–water partition coefficient (Wildman–Crippen LogP) is 5.66. The van der Waals surface area contributed by atoms with Crippen LogP contribution in [0.1, 0.15) is 70.3 Å².